The molecular formula is C12H7ClF4N2O. The highest BCUT2D eigenvalue weighted by Crippen LogP contribution is 2.29. The third-order valence-corrected chi connectivity index (χ3v) is 2.45. The second kappa shape index (κ2) is 5.62. The molecule has 1 heterocycles. The van der Waals surface area contributed by atoms with Gasteiger partial charge < -0.3 is 4.74 Å². The number of ether oxygens (including phenoxy) is 1. The van der Waals surface area contributed by atoms with Crippen LogP contribution in [0.4, 0.5) is 17.6 Å². The van der Waals surface area contributed by atoms with Crippen LogP contribution in [0, 0.1) is 5.82 Å². The van der Waals surface area contributed by atoms with Crippen molar-refractivity contribution >= 4 is 11.6 Å². The molecule has 0 bridgehead atoms. The topological polar surface area (TPSA) is 35.0 Å². The van der Waals surface area contributed by atoms with Crippen molar-refractivity contribution in [3.05, 3.63) is 52.7 Å². The van der Waals surface area contributed by atoms with Gasteiger partial charge in [-0.05, 0) is 6.07 Å². The molecule has 106 valence electrons. The number of aromatic nitrogens is 2. The highest BCUT2D eigenvalue weighted by atomic mass is 35.5. The molecule has 0 amide bonds. The summed E-state index contributed by atoms with van der Waals surface area (Å²) in [5.74, 6) is -2.31. The molecule has 8 heteroatoms. The van der Waals surface area contributed by atoms with Crippen molar-refractivity contribution in [1.82, 2.24) is 9.97 Å². The van der Waals surface area contributed by atoms with Gasteiger partial charge in [-0.25, -0.2) is 9.37 Å². The summed E-state index contributed by atoms with van der Waals surface area (Å²) in [6.07, 6.45) is -4.74. The van der Waals surface area contributed by atoms with E-state index >= 15 is 0 Å². The molecule has 20 heavy (non-hydrogen) atoms. The van der Waals surface area contributed by atoms with Crippen molar-refractivity contribution in [2.75, 3.05) is 0 Å². The Balaban J connectivity index is 2.18. The van der Waals surface area contributed by atoms with Crippen LogP contribution in [0.25, 0.3) is 0 Å². The van der Waals surface area contributed by atoms with Crippen molar-refractivity contribution < 1.29 is 22.3 Å². The molecule has 0 aliphatic carbocycles. The first-order valence-electron chi connectivity index (χ1n) is 5.34. The fourth-order valence-corrected chi connectivity index (χ4v) is 1.54. The summed E-state index contributed by atoms with van der Waals surface area (Å²) in [6, 6.07) is 6.76. The van der Waals surface area contributed by atoms with Crippen molar-refractivity contribution in [2.45, 2.75) is 12.8 Å². The van der Waals surface area contributed by atoms with Crippen molar-refractivity contribution in [2.24, 2.45) is 0 Å². The Morgan fingerprint density at radius 2 is 1.85 bits per heavy atom. The van der Waals surface area contributed by atoms with E-state index in [4.69, 9.17) is 16.3 Å². The Morgan fingerprint density at radius 1 is 1.15 bits per heavy atom. The van der Waals surface area contributed by atoms with Crippen LogP contribution in [0.2, 0.25) is 5.15 Å². The van der Waals surface area contributed by atoms with Crippen LogP contribution in [-0.2, 0) is 12.8 Å². The summed E-state index contributed by atoms with van der Waals surface area (Å²) < 4.78 is 55.8. The molecule has 0 atom stereocenters. The van der Waals surface area contributed by atoms with Gasteiger partial charge in [0, 0.05) is 11.6 Å². The first kappa shape index (κ1) is 14.5. The van der Waals surface area contributed by atoms with E-state index in [0.717, 1.165) is 6.07 Å². The van der Waals surface area contributed by atoms with Gasteiger partial charge in [0.1, 0.15) is 17.6 Å². The smallest absolute Gasteiger partial charge is 0.451 e. The van der Waals surface area contributed by atoms with Gasteiger partial charge in [0.25, 0.3) is 0 Å². The lowest BCUT2D eigenvalue weighted by Gasteiger charge is -2.09. The highest BCUT2D eigenvalue weighted by Gasteiger charge is 2.35. The SMILES string of the molecule is Fc1ccccc1COc1cc(Cl)nc(C(F)(F)F)n1. The minimum atomic E-state index is -4.74. The van der Waals surface area contributed by atoms with E-state index in [0.29, 0.717) is 0 Å². The van der Waals surface area contributed by atoms with E-state index < -0.39 is 23.0 Å². The standard InChI is InChI=1S/C12H7ClF4N2O/c13-9-5-10(19-11(18-9)12(15,16)17)20-6-7-3-1-2-4-8(7)14/h1-5H,6H2. The highest BCUT2D eigenvalue weighted by molar-refractivity contribution is 6.29. The molecule has 0 saturated carbocycles. The fourth-order valence-electron chi connectivity index (χ4n) is 1.36. The molecule has 2 aromatic rings. The number of rotatable bonds is 3. The van der Waals surface area contributed by atoms with E-state index in [9.17, 15) is 17.6 Å². The monoisotopic (exact) mass is 306 g/mol. The summed E-state index contributed by atoms with van der Waals surface area (Å²) in [4.78, 5) is 6.24. The molecule has 0 unspecified atom stereocenters. The van der Waals surface area contributed by atoms with E-state index in [1.54, 1.807) is 6.07 Å². The predicted octanol–water partition coefficient (Wildman–Crippen LogP) is 3.87. The number of nitrogens with zero attached hydrogens (tertiary/aromatic N) is 2. The zero-order valence-corrected chi connectivity index (χ0v) is 10.5. The molecule has 0 radical (unpaired) electrons. The van der Waals surface area contributed by atoms with Gasteiger partial charge >= 0.3 is 6.18 Å². The Hall–Kier alpha value is -1.89. The van der Waals surface area contributed by atoms with Gasteiger partial charge in [0.05, 0.1) is 0 Å². The largest absolute Gasteiger partial charge is 0.473 e. The van der Waals surface area contributed by atoms with Crippen LogP contribution >= 0.6 is 11.6 Å². The number of halogens is 5. The lowest BCUT2D eigenvalue weighted by molar-refractivity contribution is -0.145. The minimum absolute atomic E-state index is 0.191. The van der Waals surface area contributed by atoms with Crippen LogP contribution in [0.3, 0.4) is 0 Å². The van der Waals surface area contributed by atoms with Crippen LogP contribution in [-0.4, -0.2) is 9.97 Å². The molecule has 0 spiro atoms. The van der Waals surface area contributed by atoms with Crippen LogP contribution < -0.4 is 4.74 Å². The number of hydrogen-bond acceptors (Lipinski definition) is 3. The first-order chi connectivity index (χ1) is 9.36. The van der Waals surface area contributed by atoms with Gasteiger partial charge in [-0.1, -0.05) is 29.8 Å². The zero-order chi connectivity index (χ0) is 14.8. The molecule has 2 rings (SSSR count). The maximum Gasteiger partial charge on any atom is 0.451 e. The van der Waals surface area contributed by atoms with Crippen LogP contribution in [0.5, 0.6) is 5.88 Å². The summed E-state index contributed by atoms with van der Waals surface area (Å²) in [5, 5.41) is -0.407. The van der Waals surface area contributed by atoms with Crippen LogP contribution in [0.15, 0.2) is 30.3 Å². The number of benzene rings is 1. The third-order valence-electron chi connectivity index (χ3n) is 2.26. The summed E-state index contributed by atoms with van der Waals surface area (Å²) >= 11 is 5.46. The minimum Gasteiger partial charge on any atom is -0.473 e. The van der Waals surface area contributed by atoms with Gasteiger partial charge in [-0.15, -0.1) is 0 Å². The van der Waals surface area contributed by atoms with Gasteiger partial charge in [0.2, 0.25) is 11.7 Å². The van der Waals surface area contributed by atoms with Crippen molar-refractivity contribution in [3.8, 4) is 5.88 Å². The summed E-state index contributed by atoms with van der Waals surface area (Å²) in [7, 11) is 0. The maximum absolute atomic E-state index is 13.3. The quantitative estimate of drug-likeness (QED) is 0.638. The molecule has 0 N–H and O–H groups in total. The van der Waals surface area contributed by atoms with Crippen molar-refractivity contribution in [1.29, 1.82) is 0 Å². The van der Waals surface area contributed by atoms with Gasteiger partial charge in [-0.2, -0.15) is 18.2 Å². The Labute approximate surface area is 116 Å². The molecular weight excluding hydrogens is 300 g/mol. The molecule has 1 aromatic carbocycles. The number of alkyl halides is 3. The molecule has 3 nitrogen and oxygen atoms in total. The summed E-state index contributed by atoms with van der Waals surface area (Å²) in [6.45, 7) is -0.267. The van der Waals surface area contributed by atoms with Crippen molar-refractivity contribution in [3.63, 3.8) is 0 Å². The fraction of sp³-hybridized carbons (Fsp3) is 0.167. The van der Waals surface area contributed by atoms with Gasteiger partial charge in [0.15, 0.2) is 0 Å². The second-order valence-electron chi connectivity index (χ2n) is 3.73. The zero-order valence-electron chi connectivity index (χ0n) is 9.79. The van der Waals surface area contributed by atoms with Gasteiger partial charge in [-0.3, -0.25) is 0 Å². The number of hydrogen-bond donors (Lipinski definition) is 0. The molecule has 1 aromatic heterocycles. The Kier molecular flexibility index (Phi) is 4.08. The third kappa shape index (κ3) is 3.57. The maximum atomic E-state index is 13.3. The van der Waals surface area contributed by atoms with E-state index in [-0.39, 0.29) is 18.1 Å². The predicted molar refractivity (Wildman–Crippen MR) is 62.8 cm³/mol. The molecule has 0 saturated heterocycles. The lowest BCUT2D eigenvalue weighted by atomic mass is 10.2. The average Bonchev–Trinajstić information content (AvgIpc) is 2.36. The normalized spacial score (nSPS) is 11.4. The Morgan fingerprint density at radius 3 is 2.50 bits per heavy atom. The molecule has 0 aliphatic heterocycles. The second-order valence-corrected chi connectivity index (χ2v) is 4.12. The van der Waals surface area contributed by atoms with E-state index in [1.807, 2.05) is 0 Å². The summed E-state index contributed by atoms with van der Waals surface area (Å²) in [5.41, 5.74) is 0.191. The molecule has 0 fully saturated rings. The molecule has 0 aliphatic rings. The van der Waals surface area contributed by atoms with E-state index in [1.165, 1.54) is 18.2 Å². The first-order valence-corrected chi connectivity index (χ1v) is 5.72. The van der Waals surface area contributed by atoms with Crippen LogP contribution in [0.1, 0.15) is 11.4 Å². The van der Waals surface area contributed by atoms with E-state index in [2.05, 4.69) is 9.97 Å². The average molecular weight is 307 g/mol. The Bertz CT molecular complexity index is 619. The lowest BCUT2D eigenvalue weighted by Crippen LogP contribution is -2.12.